The summed E-state index contributed by atoms with van der Waals surface area (Å²) in [6, 6.07) is 7.98. The number of amides is 1. The first kappa shape index (κ1) is 15.3. The van der Waals surface area contributed by atoms with Crippen molar-refractivity contribution >= 4 is 5.91 Å². The zero-order valence-electron chi connectivity index (χ0n) is 13.5. The van der Waals surface area contributed by atoms with Gasteiger partial charge in [-0.2, -0.15) is 0 Å². The average Bonchev–Trinajstić information content (AvgIpc) is 2.98. The molecule has 2 aromatic rings. The molecule has 0 bridgehead atoms. The lowest BCUT2D eigenvalue weighted by molar-refractivity contribution is -0.159. The van der Waals surface area contributed by atoms with Crippen LogP contribution in [0.1, 0.15) is 29.0 Å². The molecule has 1 unspecified atom stereocenters. The van der Waals surface area contributed by atoms with Gasteiger partial charge in [0.05, 0.1) is 12.7 Å². The third-order valence-electron chi connectivity index (χ3n) is 4.39. The fourth-order valence-corrected chi connectivity index (χ4v) is 3.07. The SMILES string of the molecule is Cc1nnc(COC2CN(C(=O)C3OCCc4ccccc43)C2)o1. The van der Waals surface area contributed by atoms with Gasteiger partial charge in [0.2, 0.25) is 11.8 Å². The summed E-state index contributed by atoms with van der Waals surface area (Å²) in [7, 11) is 0. The number of hydrogen-bond donors (Lipinski definition) is 0. The Kier molecular flexibility index (Phi) is 4.03. The lowest BCUT2D eigenvalue weighted by Gasteiger charge is -2.41. The Labute approximate surface area is 139 Å². The number of fused-ring (bicyclic) bond motifs is 1. The van der Waals surface area contributed by atoms with Crippen LogP contribution in [0, 0.1) is 6.92 Å². The molecule has 2 aliphatic heterocycles. The first-order chi connectivity index (χ1) is 11.7. The zero-order chi connectivity index (χ0) is 16.5. The molecule has 126 valence electrons. The first-order valence-electron chi connectivity index (χ1n) is 8.09. The standard InChI is InChI=1S/C17H19N3O4/c1-11-18-19-15(24-11)10-23-13-8-20(9-13)17(21)16-14-5-3-2-4-12(14)6-7-22-16/h2-5,13,16H,6-10H2,1H3. The quantitative estimate of drug-likeness (QED) is 0.844. The number of rotatable bonds is 4. The molecule has 7 heteroatoms. The van der Waals surface area contributed by atoms with Crippen molar-refractivity contribution in [2.45, 2.75) is 32.2 Å². The lowest BCUT2D eigenvalue weighted by Crippen LogP contribution is -2.56. The van der Waals surface area contributed by atoms with Gasteiger partial charge >= 0.3 is 0 Å². The number of ether oxygens (including phenoxy) is 2. The molecule has 1 aromatic heterocycles. The summed E-state index contributed by atoms with van der Waals surface area (Å²) in [5.41, 5.74) is 2.18. The Balaban J connectivity index is 1.32. The molecule has 3 heterocycles. The van der Waals surface area contributed by atoms with E-state index in [-0.39, 0.29) is 18.6 Å². The van der Waals surface area contributed by atoms with Crippen molar-refractivity contribution < 1.29 is 18.7 Å². The molecular formula is C17H19N3O4. The van der Waals surface area contributed by atoms with Gasteiger partial charge in [-0.05, 0) is 17.5 Å². The van der Waals surface area contributed by atoms with Crippen molar-refractivity contribution in [3.63, 3.8) is 0 Å². The van der Waals surface area contributed by atoms with Gasteiger partial charge in [0, 0.05) is 20.0 Å². The van der Waals surface area contributed by atoms with Crippen LogP contribution in [0.15, 0.2) is 28.7 Å². The van der Waals surface area contributed by atoms with Gasteiger partial charge in [-0.3, -0.25) is 4.79 Å². The second kappa shape index (κ2) is 6.33. The number of benzene rings is 1. The van der Waals surface area contributed by atoms with E-state index in [1.165, 1.54) is 5.56 Å². The molecule has 1 atom stereocenters. The minimum absolute atomic E-state index is 0.00000884. The van der Waals surface area contributed by atoms with Gasteiger partial charge in [0.15, 0.2) is 6.10 Å². The molecule has 1 saturated heterocycles. The highest BCUT2D eigenvalue weighted by Gasteiger charge is 2.38. The van der Waals surface area contributed by atoms with E-state index in [1.54, 1.807) is 11.8 Å². The number of aromatic nitrogens is 2. The van der Waals surface area contributed by atoms with Crippen LogP contribution in [-0.2, 0) is 27.3 Å². The Morgan fingerprint density at radius 2 is 2.17 bits per heavy atom. The van der Waals surface area contributed by atoms with Gasteiger partial charge in [-0.1, -0.05) is 24.3 Å². The van der Waals surface area contributed by atoms with Crippen LogP contribution in [-0.4, -0.2) is 46.8 Å². The van der Waals surface area contributed by atoms with Crippen molar-refractivity contribution in [2.75, 3.05) is 19.7 Å². The Hall–Kier alpha value is -2.25. The van der Waals surface area contributed by atoms with E-state index in [0.29, 0.717) is 31.5 Å². The summed E-state index contributed by atoms with van der Waals surface area (Å²) < 4.78 is 16.7. The van der Waals surface area contributed by atoms with Crippen molar-refractivity contribution in [3.05, 3.63) is 47.2 Å². The summed E-state index contributed by atoms with van der Waals surface area (Å²) in [5.74, 6) is 0.990. The molecule has 0 aliphatic carbocycles. The Morgan fingerprint density at radius 1 is 1.33 bits per heavy atom. The fraction of sp³-hybridized carbons (Fsp3) is 0.471. The minimum atomic E-state index is -0.491. The highest BCUT2D eigenvalue weighted by atomic mass is 16.5. The van der Waals surface area contributed by atoms with E-state index in [1.807, 2.05) is 18.2 Å². The molecule has 2 aliphatic rings. The van der Waals surface area contributed by atoms with E-state index < -0.39 is 6.10 Å². The number of aryl methyl sites for hydroxylation is 1. The van der Waals surface area contributed by atoms with Crippen LogP contribution >= 0.6 is 0 Å². The second-order valence-corrected chi connectivity index (χ2v) is 6.09. The van der Waals surface area contributed by atoms with Crippen LogP contribution in [0.5, 0.6) is 0 Å². The van der Waals surface area contributed by atoms with E-state index in [9.17, 15) is 4.79 Å². The van der Waals surface area contributed by atoms with Crippen LogP contribution in [0.2, 0.25) is 0 Å². The van der Waals surface area contributed by atoms with Gasteiger partial charge < -0.3 is 18.8 Å². The van der Waals surface area contributed by atoms with E-state index in [2.05, 4.69) is 16.3 Å². The van der Waals surface area contributed by atoms with E-state index >= 15 is 0 Å². The molecule has 0 radical (unpaired) electrons. The van der Waals surface area contributed by atoms with Crippen molar-refractivity contribution in [1.82, 2.24) is 15.1 Å². The molecule has 1 amide bonds. The molecule has 0 saturated carbocycles. The summed E-state index contributed by atoms with van der Waals surface area (Å²) >= 11 is 0. The molecule has 4 rings (SSSR count). The lowest BCUT2D eigenvalue weighted by atomic mass is 9.96. The Bertz CT molecular complexity index is 739. The normalized spacial score (nSPS) is 20.5. The van der Waals surface area contributed by atoms with Crippen molar-refractivity contribution in [1.29, 1.82) is 0 Å². The maximum Gasteiger partial charge on any atom is 0.256 e. The van der Waals surface area contributed by atoms with Crippen LogP contribution in [0.4, 0.5) is 0 Å². The fourth-order valence-electron chi connectivity index (χ4n) is 3.07. The summed E-state index contributed by atoms with van der Waals surface area (Å²) in [6.45, 7) is 3.72. The smallest absolute Gasteiger partial charge is 0.256 e. The number of nitrogens with zero attached hydrogens (tertiary/aromatic N) is 3. The second-order valence-electron chi connectivity index (χ2n) is 6.09. The average molecular weight is 329 g/mol. The predicted molar refractivity (Wildman–Crippen MR) is 83.0 cm³/mol. The van der Waals surface area contributed by atoms with Crippen molar-refractivity contribution in [3.8, 4) is 0 Å². The number of likely N-dealkylation sites (tertiary alicyclic amines) is 1. The number of hydrogen-bond acceptors (Lipinski definition) is 6. The van der Waals surface area contributed by atoms with Gasteiger partial charge in [0.1, 0.15) is 6.61 Å². The predicted octanol–water partition coefficient (Wildman–Crippen LogP) is 1.42. The molecule has 0 spiro atoms. The molecule has 1 aromatic carbocycles. The highest BCUT2D eigenvalue weighted by Crippen LogP contribution is 2.30. The topological polar surface area (TPSA) is 77.7 Å². The van der Waals surface area contributed by atoms with Crippen molar-refractivity contribution in [2.24, 2.45) is 0 Å². The zero-order valence-corrected chi connectivity index (χ0v) is 13.5. The Morgan fingerprint density at radius 3 is 2.96 bits per heavy atom. The highest BCUT2D eigenvalue weighted by molar-refractivity contribution is 5.83. The largest absolute Gasteiger partial charge is 0.423 e. The maximum absolute atomic E-state index is 12.7. The first-order valence-corrected chi connectivity index (χ1v) is 8.09. The molecule has 7 nitrogen and oxygen atoms in total. The monoisotopic (exact) mass is 329 g/mol. The molecule has 1 fully saturated rings. The summed E-state index contributed by atoms with van der Waals surface area (Å²) in [6.07, 6.45) is 0.365. The maximum atomic E-state index is 12.7. The summed E-state index contributed by atoms with van der Waals surface area (Å²) in [5, 5.41) is 7.64. The third-order valence-corrected chi connectivity index (χ3v) is 4.39. The molecule has 24 heavy (non-hydrogen) atoms. The van der Waals surface area contributed by atoms with Gasteiger partial charge in [-0.15, -0.1) is 10.2 Å². The number of carbonyl (C=O) groups excluding carboxylic acids is 1. The van der Waals surface area contributed by atoms with E-state index in [4.69, 9.17) is 13.9 Å². The third kappa shape index (κ3) is 2.92. The van der Waals surface area contributed by atoms with E-state index in [0.717, 1.165) is 12.0 Å². The van der Waals surface area contributed by atoms with Gasteiger partial charge in [-0.25, -0.2) is 0 Å². The molecule has 0 N–H and O–H groups in total. The number of carbonyl (C=O) groups is 1. The van der Waals surface area contributed by atoms with Crippen LogP contribution < -0.4 is 0 Å². The van der Waals surface area contributed by atoms with Crippen LogP contribution in [0.3, 0.4) is 0 Å². The van der Waals surface area contributed by atoms with Crippen LogP contribution in [0.25, 0.3) is 0 Å². The van der Waals surface area contributed by atoms with Gasteiger partial charge in [0.25, 0.3) is 5.91 Å². The summed E-state index contributed by atoms with van der Waals surface area (Å²) in [4.78, 5) is 14.4. The minimum Gasteiger partial charge on any atom is -0.423 e. The molecular weight excluding hydrogens is 310 g/mol.